The van der Waals surface area contributed by atoms with Crippen molar-refractivity contribution in [3.63, 3.8) is 0 Å². The number of para-hydroxylation sites is 2. The Morgan fingerprint density at radius 3 is 2.52 bits per heavy atom. The number of halogens is 2. The molecule has 2 aromatic carbocycles. The van der Waals surface area contributed by atoms with Crippen molar-refractivity contribution in [3.8, 4) is 11.5 Å². The molecule has 27 heavy (non-hydrogen) atoms. The van der Waals surface area contributed by atoms with E-state index < -0.39 is 12.6 Å². The van der Waals surface area contributed by atoms with Gasteiger partial charge in [-0.15, -0.1) is 0 Å². The molecule has 0 saturated heterocycles. The molecule has 138 valence electrons. The van der Waals surface area contributed by atoms with E-state index in [0.29, 0.717) is 5.75 Å². The third-order valence-corrected chi connectivity index (χ3v) is 3.62. The van der Waals surface area contributed by atoms with Crippen LogP contribution >= 0.6 is 0 Å². The van der Waals surface area contributed by atoms with Gasteiger partial charge in [0.1, 0.15) is 11.5 Å². The van der Waals surface area contributed by atoms with Crippen molar-refractivity contribution in [1.29, 1.82) is 0 Å². The highest BCUT2D eigenvalue weighted by Gasteiger charge is 2.26. The van der Waals surface area contributed by atoms with E-state index in [9.17, 15) is 13.6 Å². The standard InChI is InChI=1S/C20H15F2NO4/c1-25-16-11-4-2-7-13(16)8-6-10-15-19(24)27-18(23-15)14-9-3-5-12-17(14)26-20(21)22/h2-12,20H,1H3/b8-6+,15-10-. The van der Waals surface area contributed by atoms with E-state index in [1.54, 1.807) is 25.3 Å². The first-order chi connectivity index (χ1) is 13.1. The molecule has 2 aromatic rings. The Hall–Kier alpha value is -3.48. The Morgan fingerprint density at radius 1 is 1.07 bits per heavy atom. The Labute approximate surface area is 154 Å². The van der Waals surface area contributed by atoms with Crippen LogP contribution in [0, 0.1) is 0 Å². The Balaban J connectivity index is 1.84. The number of benzene rings is 2. The molecule has 0 N–H and O–H groups in total. The molecule has 0 aliphatic carbocycles. The number of allylic oxidation sites excluding steroid dienone is 2. The van der Waals surface area contributed by atoms with Crippen molar-refractivity contribution in [2.75, 3.05) is 7.11 Å². The minimum absolute atomic E-state index is 0.0444. The van der Waals surface area contributed by atoms with Gasteiger partial charge in [-0.1, -0.05) is 42.5 Å². The monoisotopic (exact) mass is 371 g/mol. The topological polar surface area (TPSA) is 57.1 Å². The minimum Gasteiger partial charge on any atom is -0.496 e. The molecule has 0 radical (unpaired) electrons. The van der Waals surface area contributed by atoms with Crippen molar-refractivity contribution < 1.29 is 27.8 Å². The van der Waals surface area contributed by atoms with Crippen LogP contribution < -0.4 is 9.47 Å². The van der Waals surface area contributed by atoms with Crippen molar-refractivity contribution in [3.05, 3.63) is 77.5 Å². The predicted octanol–water partition coefficient (Wildman–Crippen LogP) is 4.20. The molecular weight excluding hydrogens is 356 g/mol. The molecule has 1 heterocycles. The van der Waals surface area contributed by atoms with E-state index in [1.807, 2.05) is 24.3 Å². The number of alkyl halides is 2. The smallest absolute Gasteiger partial charge is 0.387 e. The van der Waals surface area contributed by atoms with Crippen LogP contribution in [-0.2, 0) is 9.53 Å². The molecule has 1 aliphatic rings. The largest absolute Gasteiger partial charge is 0.496 e. The summed E-state index contributed by atoms with van der Waals surface area (Å²) in [5.41, 5.74) is 1.04. The summed E-state index contributed by atoms with van der Waals surface area (Å²) in [6, 6.07) is 13.3. The van der Waals surface area contributed by atoms with Crippen LogP contribution in [0.5, 0.6) is 11.5 Å². The van der Waals surface area contributed by atoms with Gasteiger partial charge in [-0.3, -0.25) is 0 Å². The molecule has 0 bridgehead atoms. The first kappa shape index (κ1) is 18.3. The fourth-order valence-electron chi connectivity index (χ4n) is 2.43. The summed E-state index contributed by atoms with van der Waals surface area (Å²) in [6.45, 7) is -3.00. The number of rotatable bonds is 6. The third-order valence-electron chi connectivity index (χ3n) is 3.62. The molecule has 0 spiro atoms. The normalized spacial score (nSPS) is 15.3. The zero-order valence-electron chi connectivity index (χ0n) is 14.3. The van der Waals surface area contributed by atoms with E-state index in [-0.39, 0.29) is 22.9 Å². The molecule has 0 fully saturated rings. The van der Waals surface area contributed by atoms with E-state index >= 15 is 0 Å². The molecule has 0 saturated carbocycles. The quantitative estimate of drug-likeness (QED) is 0.564. The summed E-state index contributed by atoms with van der Waals surface area (Å²) in [4.78, 5) is 16.1. The van der Waals surface area contributed by atoms with Crippen LogP contribution in [0.15, 0.2) is 71.4 Å². The van der Waals surface area contributed by atoms with Crippen LogP contribution in [0.25, 0.3) is 6.08 Å². The van der Waals surface area contributed by atoms with Crippen LogP contribution in [0.1, 0.15) is 11.1 Å². The second-order valence-corrected chi connectivity index (χ2v) is 5.33. The van der Waals surface area contributed by atoms with Crippen LogP contribution in [0.3, 0.4) is 0 Å². The fourth-order valence-corrected chi connectivity index (χ4v) is 2.43. The number of nitrogens with zero attached hydrogens (tertiary/aromatic N) is 1. The van der Waals surface area contributed by atoms with E-state index in [0.717, 1.165) is 5.56 Å². The Kier molecular flexibility index (Phi) is 5.61. The number of carbonyl (C=O) groups is 1. The summed E-state index contributed by atoms with van der Waals surface area (Å²) in [6.07, 6.45) is 4.85. The van der Waals surface area contributed by atoms with Gasteiger partial charge in [0, 0.05) is 5.56 Å². The van der Waals surface area contributed by atoms with Crippen molar-refractivity contribution in [2.45, 2.75) is 6.61 Å². The number of methoxy groups -OCH3 is 1. The van der Waals surface area contributed by atoms with Crippen LogP contribution in [0.4, 0.5) is 8.78 Å². The van der Waals surface area contributed by atoms with Gasteiger partial charge in [0.25, 0.3) is 0 Å². The second kappa shape index (κ2) is 8.27. The third kappa shape index (κ3) is 4.38. The summed E-state index contributed by atoms with van der Waals surface area (Å²) in [7, 11) is 1.56. The number of carbonyl (C=O) groups excluding carboxylic acids is 1. The average molecular weight is 371 g/mol. The maximum Gasteiger partial charge on any atom is 0.387 e. The number of hydrogen-bond acceptors (Lipinski definition) is 5. The molecule has 0 aromatic heterocycles. The number of ether oxygens (including phenoxy) is 3. The van der Waals surface area contributed by atoms with Gasteiger partial charge in [-0.2, -0.15) is 8.78 Å². The van der Waals surface area contributed by atoms with Gasteiger partial charge in [0.05, 0.1) is 12.7 Å². The molecule has 7 heteroatoms. The molecule has 0 atom stereocenters. The van der Waals surface area contributed by atoms with Gasteiger partial charge in [0.2, 0.25) is 5.90 Å². The van der Waals surface area contributed by atoms with Gasteiger partial charge < -0.3 is 14.2 Å². The van der Waals surface area contributed by atoms with E-state index in [1.165, 1.54) is 24.3 Å². The lowest BCUT2D eigenvalue weighted by Crippen LogP contribution is -2.10. The van der Waals surface area contributed by atoms with Gasteiger partial charge >= 0.3 is 12.6 Å². The first-order valence-corrected chi connectivity index (χ1v) is 7.95. The van der Waals surface area contributed by atoms with Gasteiger partial charge in [-0.25, -0.2) is 9.79 Å². The van der Waals surface area contributed by atoms with Crippen LogP contribution in [-0.4, -0.2) is 25.6 Å². The maximum atomic E-state index is 12.5. The number of esters is 1. The minimum atomic E-state index is -3.00. The average Bonchev–Trinajstić information content (AvgIpc) is 3.02. The summed E-state index contributed by atoms with van der Waals surface area (Å²) >= 11 is 0. The van der Waals surface area contributed by atoms with Crippen molar-refractivity contribution in [2.24, 2.45) is 4.99 Å². The second-order valence-electron chi connectivity index (χ2n) is 5.33. The lowest BCUT2D eigenvalue weighted by atomic mass is 10.2. The zero-order valence-corrected chi connectivity index (χ0v) is 14.3. The van der Waals surface area contributed by atoms with E-state index in [2.05, 4.69) is 9.73 Å². The number of aliphatic imine (C=N–C) groups is 1. The number of cyclic esters (lactones) is 1. The van der Waals surface area contributed by atoms with Crippen molar-refractivity contribution >= 4 is 17.9 Å². The highest BCUT2D eigenvalue weighted by atomic mass is 19.3. The predicted molar refractivity (Wildman–Crippen MR) is 95.8 cm³/mol. The van der Waals surface area contributed by atoms with Crippen molar-refractivity contribution in [1.82, 2.24) is 0 Å². The summed E-state index contributed by atoms with van der Waals surface area (Å²) < 4.78 is 39.8. The highest BCUT2D eigenvalue weighted by molar-refractivity contribution is 6.12. The molecular formula is C20H15F2NO4. The fraction of sp³-hybridized carbons (Fsp3) is 0.100. The summed E-state index contributed by atoms with van der Waals surface area (Å²) in [5, 5.41) is 0. The molecule has 1 aliphatic heterocycles. The highest BCUT2D eigenvalue weighted by Crippen LogP contribution is 2.26. The lowest BCUT2D eigenvalue weighted by Gasteiger charge is -2.08. The molecule has 5 nitrogen and oxygen atoms in total. The Morgan fingerprint density at radius 2 is 1.78 bits per heavy atom. The van der Waals surface area contributed by atoms with Gasteiger partial charge in [-0.05, 0) is 24.3 Å². The number of hydrogen-bond donors (Lipinski definition) is 0. The molecule has 0 unspecified atom stereocenters. The summed E-state index contributed by atoms with van der Waals surface area (Å²) in [5.74, 6) is -0.206. The first-order valence-electron chi connectivity index (χ1n) is 7.95. The zero-order chi connectivity index (χ0) is 19.2. The lowest BCUT2D eigenvalue weighted by molar-refractivity contribution is -0.130. The Bertz CT molecular complexity index is 935. The molecule has 3 rings (SSSR count). The van der Waals surface area contributed by atoms with E-state index in [4.69, 9.17) is 9.47 Å². The van der Waals surface area contributed by atoms with Crippen LogP contribution in [0.2, 0.25) is 0 Å². The SMILES string of the molecule is COc1ccccc1/C=C/C=C1\N=C(c2ccccc2OC(F)F)OC1=O. The molecule has 0 amide bonds. The van der Waals surface area contributed by atoms with Gasteiger partial charge in [0.15, 0.2) is 5.70 Å². The maximum absolute atomic E-state index is 12.5.